The van der Waals surface area contributed by atoms with Gasteiger partial charge in [-0.3, -0.25) is 14.3 Å². The minimum Gasteiger partial charge on any atom is -0.352 e. The number of carbonyl (C=O) groups excluding carboxylic acids is 2. The number of nitrogens with one attached hydrogen (secondary N) is 2. The van der Waals surface area contributed by atoms with Gasteiger partial charge in [0.05, 0.1) is 12.2 Å². The van der Waals surface area contributed by atoms with Crippen molar-refractivity contribution in [2.75, 3.05) is 22.4 Å². The monoisotopic (exact) mass is 415 g/mol. The van der Waals surface area contributed by atoms with Gasteiger partial charge in [-0.05, 0) is 35.7 Å². The van der Waals surface area contributed by atoms with Crippen molar-refractivity contribution in [1.82, 2.24) is 5.32 Å². The van der Waals surface area contributed by atoms with E-state index in [-0.39, 0.29) is 24.8 Å². The molecule has 3 rings (SSSR count). The number of anilines is 2. The highest BCUT2D eigenvalue weighted by Gasteiger charge is 2.35. The molecular formula is C21H25N3O4S. The topological polar surface area (TPSA) is 95.6 Å². The van der Waals surface area contributed by atoms with Gasteiger partial charge in [0.25, 0.3) is 0 Å². The van der Waals surface area contributed by atoms with Crippen LogP contribution in [0.3, 0.4) is 0 Å². The molecule has 2 N–H and O–H groups in total. The van der Waals surface area contributed by atoms with Crippen molar-refractivity contribution in [3.63, 3.8) is 0 Å². The number of para-hydroxylation sites is 1. The zero-order valence-electron chi connectivity index (χ0n) is 16.5. The Balaban J connectivity index is 1.62. The lowest BCUT2D eigenvalue weighted by atomic mass is 10.1. The summed E-state index contributed by atoms with van der Waals surface area (Å²) < 4.78 is 25.1. The molecule has 154 valence electrons. The number of nitrogens with zero attached hydrogens (tertiary/aromatic N) is 1. The Labute approximate surface area is 171 Å². The number of carbonyl (C=O) groups is 2. The lowest BCUT2D eigenvalue weighted by Crippen LogP contribution is -2.32. The number of rotatable bonds is 7. The summed E-state index contributed by atoms with van der Waals surface area (Å²) in [5.41, 5.74) is 3.16. The van der Waals surface area contributed by atoms with Crippen LogP contribution in [-0.2, 0) is 32.6 Å². The van der Waals surface area contributed by atoms with Gasteiger partial charge in [0.2, 0.25) is 21.8 Å². The first kappa shape index (κ1) is 20.9. The summed E-state index contributed by atoms with van der Waals surface area (Å²) in [5.74, 6) is -0.647. The van der Waals surface area contributed by atoms with Crippen LogP contribution in [0.1, 0.15) is 24.5 Å². The summed E-state index contributed by atoms with van der Waals surface area (Å²) in [6.45, 7) is 2.65. The highest BCUT2D eigenvalue weighted by atomic mass is 32.2. The first-order chi connectivity index (χ1) is 13.8. The van der Waals surface area contributed by atoms with Crippen LogP contribution in [0.15, 0.2) is 48.5 Å². The number of sulfonamides is 1. The van der Waals surface area contributed by atoms with Gasteiger partial charge in [-0.25, -0.2) is 8.42 Å². The predicted molar refractivity (Wildman–Crippen MR) is 113 cm³/mol. The molecule has 2 aromatic rings. The van der Waals surface area contributed by atoms with Gasteiger partial charge < -0.3 is 10.2 Å². The second-order valence-corrected chi connectivity index (χ2v) is 8.93. The SMILES string of the molecule is CCc1ccccc1N1CC(C(=O)NCc2cccc(NS(C)(=O)=O)c2)CC1=O. The summed E-state index contributed by atoms with van der Waals surface area (Å²) in [6.07, 6.45) is 2.08. The van der Waals surface area contributed by atoms with E-state index < -0.39 is 15.9 Å². The molecule has 1 atom stereocenters. The van der Waals surface area contributed by atoms with Gasteiger partial charge in [0, 0.05) is 30.9 Å². The average Bonchev–Trinajstić information content (AvgIpc) is 3.06. The molecule has 1 aliphatic heterocycles. The van der Waals surface area contributed by atoms with Crippen molar-refractivity contribution in [2.24, 2.45) is 5.92 Å². The normalized spacial score (nSPS) is 16.7. The van der Waals surface area contributed by atoms with Crippen molar-refractivity contribution in [3.05, 3.63) is 59.7 Å². The molecule has 1 heterocycles. The number of aryl methyl sites for hydroxylation is 1. The van der Waals surface area contributed by atoms with Gasteiger partial charge in [-0.15, -0.1) is 0 Å². The van der Waals surface area contributed by atoms with Gasteiger partial charge in [-0.1, -0.05) is 37.3 Å². The van der Waals surface area contributed by atoms with E-state index in [1.165, 1.54) is 0 Å². The van der Waals surface area contributed by atoms with Crippen LogP contribution in [0.25, 0.3) is 0 Å². The molecule has 0 bridgehead atoms. The molecule has 1 aliphatic rings. The molecule has 0 aromatic heterocycles. The molecular weight excluding hydrogens is 390 g/mol. The molecule has 1 unspecified atom stereocenters. The Hall–Kier alpha value is -2.87. The summed E-state index contributed by atoms with van der Waals surface area (Å²) in [4.78, 5) is 26.8. The molecule has 8 heteroatoms. The van der Waals surface area contributed by atoms with E-state index in [0.29, 0.717) is 12.2 Å². The van der Waals surface area contributed by atoms with E-state index >= 15 is 0 Å². The Morgan fingerprint density at radius 2 is 1.93 bits per heavy atom. The highest BCUT2D eigenvalue weighted by molar-refractivity contribution is 7.92. The van der Waals surface area contributed by atoms with Crippen LogP contribution >= 0.6 is 0 Å². The molecule has 2 aromatic carbocycles. The van der Waals surface area contributed by atoms with Gasteiger partial charge in [0.1, 0.15) is 0 Å². The van der Waals surface area contributed by atoms with Gasteiger partial charge >= 0.3 is 0 Å². The lowest BCUT2D eigenvalue weighted by Gasteiger charge is -2.20. The molecule has 0 aliphatic carbocycles. The third-order valence-corrected chi connectivity index (χ3v) is 5.46. The standard InChI is InChI=1S/C21H25N3O4S/c1-3-16-8-4-5-10-19(16)24-14-17(12-20(24)25)21(26)22-13-15-7-6-9-18(11-15)23-29(2,27)28/h4-11,17,23H,3,12-14H2,1-2H3,(H,22,26). The van der Waals surface area contributed by atoms with Crippen molar-refractivity contribution < 1.29 is 18.0 Å². The fourth-order valence-corrected chi connectivity index (χ4v) is 4.04. The van der Waals surface area contributed by atoms with E-state index in [4.69, 9.17) is 0 Å². The Morgan fingerprint density at radius 1 is 1.17 bits per heavy atom. The molecule has 0 saturated carbocycles. The zero-order chi connectivity index (χ0) is 21.0. The van der Waals surface area contributed by atoms with Crippen molar-refractivity contribution >= 4 is 33.2 Å². The van der Waals surface area contributed by atoms with Crippen LogP contribution in [0.4, 0.5) is 11.4 Å². The molecule has 7 nitrogen and oxygen atoms in total. The van der Waals surface area contributed by atoms with Crippen LogP contribution in [0, 0.1) is 5.92 Å². The van der Waals surface area contributed by atoms with Crippen LogP contribution in [-0.4, -0.2) is 33.0 Å². The minimum atomic E-state index is -3.36. The number of amides is 2. The first-order valence-electron chi connectivity index (χ1n) is 9.49. The molecule has 0 spiro atoms. The fourth-order valence-electron chi connectivity index (χ4n) is 3.48. The van der Waals surface area contributed by atoms with E-state index in [2.05, 4.69) is 10.0 Å². The Morgan fingerprint density at radius 3 is 2.66 bits per heavy atom. The fraction of sp³-hybridized carbons (Fsp3) is 0.333. The number of hydrogen-bond donors (Lipinski definition) is 2. The second-order valence-electron chi connectivity index (χ2n) is 7.18. The van der Waals surface area contributed by atoms with E-state index in [0.717, 1.165) is 29.5 Å². The smallest absolute Gasteiger partial charge is 0.229 e. The van der Waals surface area contributed by atoms with Gasteiger partial charge in [0.15, 0.2) is 0 Å². The van der Waals surface area contributed by atoms with E-state index in [9.17, 15) is 18.0 Å². The second kappa shape index (κ2) is 8.65. The van der Waals surface area contributed by atoms with E-state index in [1.807, 2.05) is 31.2 Å². The lowest BCUT2D eigenvalue weighted by molar-refractivity contribution is -0.126. The number of hydrogen-bond acceptors (Lipinski definition) is 4. The summed E-state index contributed by atoms with van der Waals surface area (Å²) in [5, 5.41) is 2.86. The minimum absolute atomic E-state index is 0.0506. The molecule has 1 fully saturated rings. The maximum Gasteiger partial charge on any atom is 0.229 e. The van der Waals surface area contributed by atoms with Crippen molar-refractivity contribution in [2.45, 2.75) is 26.3 Å². The number of benzene rings is 2. The summed E-state index contributed by atoms with van der Waals surface area (Å²) in [6, 6.07) is 14.6. The Bertz CT molecular complexity index is 1020. The van der Waals surface area contributed by atoms with Crippen LogP contribution in [0.2, 0.25) is 0 Å². The maximum absolute atomic E-state index is 12.6. The first-order valence-corrected chi connectivity index (χ1v) is 11.4. The van der Waals surface area contributed by atoms with Crippen molar-refractivity contribution in [1.29, 1.82) is 0 Å². The quantitative estimate of drug-likeness (QED) is 0.725. The summed E-state index contributed by atoms with van der Waals surface area (Å²) in [7, 11) is -3.36. The summed E-state index contributed by atoms with van der Waals surface area (Å²) >= 11 is 0. The van der Waals surface area contributed by atoms with E-state index in [1.54, 1.807) is 29.2 Å². The molecule has 0 radical (unpaired) electrons. The maximum atomic E-state index is 12.6. The molecule has 29 heavy (non-hydrogen) atoms. The Kier molecular flexibility index (Phi) is 6.22. The molecule has 2 amide bonds. The third-order valence-electron chi connectivity index (χ3n) is 4.86. The largest absolute Gasteiger partial charge is 0.352 e. The molecule has 1 saturated heterocycles. The van der Waals surface area contributed by atoms with Crippen LogP contribution in [0.5, 0.6) is 0 Å². The van der Waals surface area contributed by atoms with Gasteiger partial charge in [-0.2, -0.15) is 0 Å². The average molecular weight is 416 g/mol. The zero-order valence-corrected chi connectivity index (χ0v) is 17.3. The third kappa shape index (κ3) is 5.35. The van der Waals surface area contributed by atoms with Crippen LogP contribution < -0.4 is 14.9 Å². The highest BCUT2D eigenvalue weighted by Crippen LogP contribution is 2.28. The predicted octanol–water partition coefficient (Wildman–Crippen LogP) is 2.29. The van der Waals surface area contributed by atoms with Crippen molar-refractivity contribution in [3.8, 4) is 0 Å².